The molecule has 4 saturated carbocycles. The number of hydrogen-bond donors (Lipinski definition) is 1. The highest BCUT2D eigenvalue weighted by Gasteiger charge is 2.60. The minimum atomic E-state index is -0.195. The molecule has 1 aliphatic heterocycles. The lowest BCUT2D eigenvalue weighted by atomic mass is 9.49. The summed E-state index contributed by atoms with van der Waals surface area (Å²) >= 11 is 6.87. The van der Waals surface area contributed by atoms with Crippen molar-refractivity contribution in [2.75, 3.05) is 13.2 Å². The molecule has 25 heavy (non-hydrogen) atoms. The summed E-state index contributed by atoms with van der Waals surface area (Å²) < 4.78 is 5.86. The molecule has 4 bridgehead atoms. The second-order valence-electron chi connectivity index (χ2n) is 9.09. The fourth-order valence-electron chi connectivity index (χ4n) is 6.36. The number of ether oxygens (including phenoxy) is 1. The number of benzene rings is 1. The molecule has 5 aliphatic rings. The van der Waals surface area contributed by atoms with Gasteiger partial charge >= 0.3 is 0 Å². The van der Waals surface area contributed by atoms with Crippen molar-refractivity contribution in [3.05, 3.63) is 29.8 Å². The number of carbonyl (C=O) groups is 1. The van der Waals surface area contributed by atoms with Gasteiger partial charge in [-0.25, -0.2) is 0 Å². The molecule has 4 fully saturated rings. The molecule has 1 heterocycles. The van der Waals surface area contributed by atoms with E-state index in [1.807, 2.05) is 12.1 Å². The first-order chi connectivity index (χ1) is 12.0. The summed E-state index contributed by atoms with van der Waals surface area (Å²) in [7, 11) is 0. The van der Waals surface area contributed by atoms with E-state index in [1.165, 1.54) is 12.0 Å². The maximum atomic E-state index is 13.1. The minimum Gasteiger partial charge on any atom is -0.493 e. The molecular formula is C21H26ClNO2. The average molecular weight is 360 g/mol. The van der Waals surface area contributed by atoms with E-state index in [9.17, 15) is 4.79 Å². The first kappa shape index (κ1) is 16.0. The zero-order chi connectivity index (χ0) is 17.1. The van der Waals surface area contributed by atoms with Crippen molar-refractivity contribution >= 4 is 17.5 Å². The average Bonchev–Trinajstić information content (AvgIpc) is 2.57. The van der Waals surface area contributed by atoms with Gasteiger partial charge in [-0.3, -0.25) is 4.79 Å². The van der Waals surface area contributed by atoms with Crippen LogP contribution >= 0.6 is 11.6 Å². The van der Waals surface area contributed by atoms with Gasteiger partial charge in [0.05, 0.1) is 12.0 Å². The van der Waals surface area contributed by atoms with Crippen LogP contribution in [-0.2, 0) is 11.2 Å². The van der Waals surface area contributed by atoms with E-state index in [-0.39, 0.29) is 16.2 Å². The van der Waals surface area contributed by atoms with Gasteiger partial charge in [-0.15, -0.1) is 11.6 Å². The Kier molecular flexibility index (Phi) is 3.61. The van der Waals surface area contributed by atoms with Crippen LogP contribution in [-0.4, -0.2) is 23.9 Å². The van der Waals surface area contributed by atoms with Crippen LogP contribution in [0.25, 0.3) is 0 Å². The number of alkyl halides is 1. The Morgan fingerprint density at radius 2 is 1.96 bits per heavy atom. The molecule has 4 heteroatoms. The second-order valence-corrected chi connectivity index (χ2v) is 9.89. The molecule has 0 radical (unpaired) electrons. The topological polar surface area (TPSA) is 38.3 Å². The van der Waals surface area contributed by atoms with E-state index in [4.69, 9.17) is 16.3 Å². The summed E-state index contributed by atoms with van der Waals surface area (Å²) in [5, 5.41) is 3.28. The van der Waals surface area contributed by atoms with Crippen molar-refractivity contribution in [3.8, 4) is 5.75 Å². The van der Waals surface area contributed by atoms with Crippen molar-refractivity contribution in [1.82, 2.24) is 5.32 Å². The molecule has 0 unspecified atom stereocenters. The maximum Gasteiger partial charge on any atom is 0.226 e. The molecule has 1 aromatic carbocycles. The Hall–Kier alpha value is -1.22. The van der Waals surface area contributed by atoms with Crippen molar-refractivity contribution < 1.29 is 9.53 Å². The Bertz CT molecular complexity index is 689. The van der Waals surface area contributed by atoms with Gasteiger partial charge in [-0.1, -0.05) is 18.2 Å². The molecular weight excluding hydrogens is 334 g/mol. The van der Waals surface area contributed by atoms with Gasteiger partial charge in [-0.05, 0) is 68.4 Å². The summed E-state index contributed by atoms with van der Waals surface area (Å²) in [5.74, 6) is 2.93. The van der Waals surface area contributed by atoms with E-state index in [1.54, 1.807) is 0 Å². The van der Waals surface area contributed by atoms with Gasteiger partial charge in [0.1, 0.15) is 5.75 Å². The van der Waals surface area contributed by atoms with Crippen molar-refractivity contribution in [2.24, 2.45) is 23.2 Å². The number of hydrogen-bond acceptors (Lipinski definition) is 2. The zero-order valence-electron chi connectivity index (χ0n) is 14.6. The number of para-hydroxylation sites is 1. The smallest absolute Gasteiger partial charge is 0.226 e. The van der Waals surface area contributed by atoms with Gasteiger partial charge in [-0.2, -0.15) is 0 Å². The fraction of sp³-hybridized carbons (Fsp3) is 0.667. The highest BCUT2D eigenvalue weighted by molar-refractivity contribution is 6.24. The number of carbonyl (C=O) groups excluding carboxylic acids is 1. The van der Waals surface area contributed by atoms with Crippen LogP contribution in [0.15, 0.2) is 24.3 Å². The van der Waals surface area contributed by atoms with E-state index < -0.39 is 0 Å². The number of amides is 1. The quantitative estimate of drug-likeness (QED) is 0.830. The lowest BCUT2D eigenvalue weighted by Crippen LogP contribution is -2.58. The number of rotatable bonds is 3. The highest BCUT2D eigenvalue weighted by Crippen LogP contribution is 2.63. The predicted octanol–water partition coefficient (Wildman–Crippen LogP) is 3.93. The van der Waals surface area contributed by atoms with E-state index >= 15 is 0 Å². The molecule has 3 atom stereocenters. The second kappa shape index (κ2) is 5.64. The largest absolute Gasteiger partial charge is 0.493 e. The number of nitrogens with one attached hydrogen (secondary N) is 1. The lowest BCUT2D eigenvalue weighted by molar-refractivity contribution is -0.144. The molecule has 0 spiro atoms. The molecule has 1 N–H and O–H groups in total. The third-order valence-corrected chi connectivity index (χ3v) is 7.42. The molecule has 1 amide bonds. The summed E-state index contributed by atoms with van der Waals surface area (Å²) in [6.45, 7) is 1.40. The molecule has 134 valence electrons. The van der Waals surface area contributed by atoms with Crippen molar-refractivity contribution in [2.45, 2.75) is 49.8 Å². The molecule has 0 aromatic heterocycles. The number of fused-ring (bicyclic) bond motifs is 1. The van der Waals surface area contributed by atoms with Crippen LogP contribution in [0, 0.1) is 23.2 Å². The number of halogens is 1. The Balaban J connectivity index is 1.24. The maximum absolute atomic E-state index is 13.1. The summed E-state index contributed by atoms with van der Waals surface area (Å²) in [4.78, 5) is 13.0. The zero-order valence-corrected chi connectivity index (χ0v) is 15.4. The first-order valence-electron chi connectivity index (χ1n) is 9.72. The third-order valence-electron chi connectivity index (χ3n) is 6.98. The Labute approximate surface area is 154 Å². The van der Waals surface area contributed by atoms with Gasteiger partial charge < -0.3 is 10.1 Å². The van der Waals surface area contributed by atoms with Gasteiger partial charge in [0, 0.05) is 17.3 Å². The predicted molar refractivity (Wildman–Crippen MR) is 97.8 cm³/mol. The monoisotopic (exact) mass is 359 g/mol. The highest BCUT2D eigenvalue weighted by atomic mass is 35.5. The Morgan fingerprint density at radius 1 is 1.20 bits per heavy atom. The van der Waals surface area contributed by atoms with Crippen LogP contribution in [0.4, 0.5) is 0 Å². The third kappa shape index (κ3) is 2.75. The van der Waals surface area contributed by atoms with E-state index in [2.05, 4.69) is 17.4 Å². The van der Waals surface area contributed by atoms with Crippen LogP contribution in [0.2, 0.25) is 0 Å². The molecule has 1 aromatic rings. The van der Waals surface area contributed by atoms with Gasteiger partial charge in [0.15, 0.2) is 0 Å². The van der Waals surface area contributed by atoms with Crippen LogP contribution < -0.4 is 10.1 Å². The standard InChI is InChI=1S/C21H26ClNO2/c22-21-9-14-5-15(10-21)8-20(7-14,13-21)19(24)23-11-16-6-17-3-1-2-4-18(17)25-12-16/h1-4,14-16H,5-13H2,(H,23,24)/t14-,15-,16-,20?,21?/m1/s1. The Morgan fingerprint density at radius 3 is 2.72 bits per heavy atom. The van der Waals surface area contributed by atoms with E-state index in [0.29, 0.717) is 30.9 Å². The van der Waals surface area contributed by atoms with Crippen LogP contribution in [0.5, 0.6) is 5.75 Å². The molecule has 0 saturated heterocycles. The molecule has 3 nitrogen and oxygen atoms in total. The van der Waals surface area contributed by atoms with Crippen molar-refractivity contribution in [3.63, 3.8) is 0 Å². The first-order valence-corrected chi connectivity index (χ1v) is 10.1. The van der Waals surface area contributed by atoms with Crippen LogP contribution in [0.1, 0.15) is 44.1 Å². The minimum absolute atomic E-state index is 0.103. The summed E-state index contributed by atoms with van der Waals surface area (Å²) in [6.07, 6.45) is 7.48. The normalized spacial score (nSPS) is 41.1. The van der Waals surface area contributed by atoms with Crippen LogP contribution in [0.3, 0.4) is 0 Å². The van der Waals surface area contributed by atoms with Crippen molar-refractivity contribution in [1.29, 1.82) is 0 Å². The van der Waals surface area contributed by atoms with Gasteiger partial charge in [0.2, 0.25) is 5.91 Å². The molecule has 6 rings (SSSR count). The summed E-state index contributed by atoms with van der Waals surface area (Å²) in [6, 6.07) is 8.22. The van der Waals surface area contributed by atoms with E-state index in [0.717, 1.165) is 44.3 Å². The van der Waals surface area contributed by atoms with Gasteiger partial charge in [0.25, 0.3) is 0 Å². The summed E-state index contributed by atoms with van der Waals surface area (Å²) in [5.41, 5.74) is 1.06. The lowest BCUT2D eigenvalue weighted by Gasteiger charge is -2.59. The molecule has 4 aliphatic carbocycles. The SMILES string of the molecule is O=C(NC[C@@H]1COc2ccccc2C1)C12C[C@H]3C[C@@H](CC(Cl)(C3)C1)C2. The fourth-order valence-corrected chi connectivity index (χ4v) is 7.06.